The number of primary amides is 1. The van der Waals surface area contributed by atoms with Gasteiger partial charge in [0.15, 0.2) is 0 Å². The van der Waals surface area contributed by atoms with Crippen molar-refractivity contribution in [1.29, 1.82) is 0 Å². The van der Waals surface area contributed by atoms with Crippen LogP contribution in [0, 0.1) is 0 Å². The molecule has 0 bridgehead atoms. The summed E-state index contributed by atoms with van der Waals surface area (Å²) in [6.45, 7) is -0.171. The summed E-state index contributed by atoms with van der Waals surface area (Å²) in [5.74, 6) is -0.786. The van der Waals surface area contributed by atoms with Crippen molar-refractivity contribution in [3.8, 4) is 0 Å². The molecular formula is C13H16F3N3O3S. The lowest BCUT2D eigenvalue weighted by Crippen LogP contribution is -2.52. The zero-order chi connectivity index (χ0) is 17.5. The Labute approximate surface area is 131 Å². The van der Waals surface area contributed by atoms with Crippen LogP contribution in [0.25, 0.3) is 0 Å². The fraction of sp³-hybridized carbons (Fsp3) is 0.462. The number of carbonyl (C=O) groups is 1. The Morgan fingerprint density at radius 3 is 2.22 bits per heavy atom. The zero-order valence-electron chi connectivity index (χ0n) is 12.0. The summed E-state index contributed by atoms with van der Waals surface area (Å²) in [5.41, 5.74) is 3.33. The van der Waals surface area contributed by atoms with Gasteiger partial charge in [-0.1, -0.05) is 18.2 Å². The third-order valence-corrected chi connectivity index (χ3v) is 5.23. The number of nitrogens with zero attached hydrogens (tertiary/aromatic N) is 1. The minimum absolute atomic E-state index is 0.0277. The third kappa shape index (κ3) is 3.48. The van der Waals surface area contributed by atoms with Crippen molar-refractivity contribution >= 4 is 16.1 Å². The van der Waals surface area contributed by atoms with E-state index in [1.165, 1.54) is 12.1 Å². The average molecular weight is 351 g/mol. The Kier molecular flexibility index (Phi) is 4.44. The summed E-state index contributed by atoms with van der Waals surface area (Å²) in [6, 6.07) is 4.39. The molecule has 1 saturated heterocycles. The predicted molar refractivity (Wildman–Crippen MR) is 76.2 cm³/mol. The highest BCUT2D eigenvalue weighted by molar-refractivity contribution is 7.86. The molecule has 1 aliphatic heterocycles. The standard InChI is InChI=1S/C13H16F3N3O3S/c14-13(15,16)10-3-1-2-9(8-10)12(11(17)20)4-6-19(7-5-12)23(18,21)22/h1-3,8H,4-7H2,(H2,17,20)(H2,18,21,22). The fourth-order valence-corrected chi connectivity index (χ4v) is 3.48. The summed E-state index contributed by atoms with van der Waals surface area (Å²) in [4.78, 5) is 11.9. The Bertz CT molecular complexity index is 711. The smallest absolute Gasteiger partial charge is 0.369 e. The lowest BCUT2D eigenvalue weighted by molar-refractivity contribution is -0.138. The number of benzene rings is 1. The monoisotopic (exact) mass is 351 g/mol. The molecule has 0 aromatic heterocycles. The van der Waals surface area contributed by atoms with Crippen molar-refractivity contribution in [3.63, 3.8) is 0 Å². The first-order valence-electron chi connectivity index (χ1n) is 6.72. The molecule has 0 radical (unpaired) electrons. The third-order valence-electron chi connectivity index (χ3n) is 4.15. The number of amides is 1. The summed E-state index contributed by atoms with van der Waals surface area (Å²) in [5, 5.41) is 5.03. The molecule has 1 aromatic rings. The highest BCUT2D eigenvalue weighted by Gasteiger charge is 2.44. The van der Waals surface area contributed by atoms with Crippen molar-refractivity contribution in [2.75, 3.05) is 13.1 Å². The molecule has 128 valence electrons. The van der Waals surface area contributed by atoms with E-state index in [0.29, 0.717) is 0 Å². The molecule has 1 fully saturated rings. The van der Waals surface area contributed by atoms with E-state index in [1.807, 2.05) is 0 Å². The maximum absolute atomic E-state index is 12.9. The van der Waals surface area contributed by atoms with Crippen molar-refractivity contribution in [2.24, 2.45) is 10.9 Å². The highest BCUT2D eigenvalue weighted by atomic mass is 32.2. The minimum atomic E-state index is -4.55. The van der Waals surface area contributed by atoms with Crippen molar-refractivity contribution in [2.45, 2.75) is 24.4 Å². The van der Waals surface area contributed by atoms with E-state index >= 15 is 0 Å². The lowest BCUT2D eigenvalue weighted by Gasteiger charge is -2.39. The lowest BCUT2D eigenvalue weighted by atomic mass is 9.72. The topological polar surface area (TPSA) is 106 Å². The number of nitrogens with two attached hydrogens (primary N) is 2. The van der Waals surface area contributed by atoms with Gasteiger partial charge in [-0.15, -0.1) is 0 Å². The number of hydrogen-bond donors (Lipinski definition) is 2. The van der Waals surface area contributed by atoms with E-state index in [4.69, 9.17) is 10.9 Å². The van der Waals surface area contributed by atoms with Crippen LogP contribution in [-0.2, 0) is 26.6 Å². The second kappa shape index (κ2) is 5.77. The van der Waals surface area contributed by atoms with E-state index in [-0.39, 0.29) is 31.5 Å². The van der Waals surface area contributed by atoms with Gasteiger partial charge in [0.05, 0.1) is 11.0 Å². The van der Waals surface area contributed by atoms with Crippen LogP contribution in [0.15, 0.2) is 24.3 Å². The molecule has 0 aliphatic carbocycles. The molecule has 2 rings (SSSR count). The second-order valence-corrected chi connectivity index (χ2v) is 7.02. The first kappa shape index (κ1) is 17.7. The molecule has 6 nitrogen and oxygen atoms in total. The molecular weight excluding hydrogens is 335 g/mol. The van der Waals surface area contributed by atoms with E-state index < -0.39 is 33.3 Å². The Morgan fingerprint density at radius 2 is 1.78 bits per heavy atom. The van der Waals surface area contributed by atoms with Crippen molar-refractivity contribution in [1.82, 2.24) is 4.31 Å². The van der Waals surface area contributed by atoms with Gasteiger partial charge in [0, 0.05) is 13.1 Å². The molecule has 1 aliphatic rings. The number of hydrogen-bond acceptors (Lipinski definition) is 3. The summed E-state index contributed by atoms with van der Waals surface area (Å²) >= 11 is 0. The largest absolute Gasteiger partial charge is 0.416 e. The molecule has 0 atom stereocenters. The van der Waals surface area contributed by atoms with Crippen molar-refractivity contribution < 1.29 is 26.4 Å². The molecule has 0 spiro atoms. The van der Waals surface area contributed by atoms with Gasteiger partial charge in [-0.25, -0.2) is 5.14 Å². The van der Waals surface area contributed by atoms with Gasteiger partial charge in [0.2, 0.25) is 5.91 Å². The number of carbonyl (C=O) groups excluding carboxylic acids is 1. The second-order valence-electron chi connectivity index (χ2n) is 5.47. The van der Waals surface area contributed by atoms with E-state index in [1.54, 1.807) is 0 Å². The van der Waals surface area contributed by atoms with Crippen LogP contribution in [0.4, 0.5) is 13.2 Å². The fourth-order valence-electron chi connectivity index (χ4n) is 2.79. The molecule has 1 amide bonds. The molecule has 0 unspecified atom stereocenters. The van der Waals surface area contributed by atoms with Gasteiger partial charge < -0.3 is 5.73 Å². The van der Waals surface area contributed by atoms with Crippen LogP contribution in [-0.4, -0.2) is 31.7 Å². The van der Waals surface area contributed by atoms with Gasteiger partial charge in [-0.3, -0.25) is 4.79 Å². The first-order valence-corrected chi connectivity index (χ1v) is 8.23. The van der Waals surface area contributed by atoms with Gasteiger partial charge in [0.25, 0.3) is 10.2 Å². The average Bonchev–Trinajstić information content (AvgIpc) is 2.45. The van der Waals surface area contributed by atoms with Crippen LogP contribution in [0.2, 0.25) is 0 Å². The van der Waals surface area contributed by atoms with Gasteiger partial charge in [-0.2, -0.15) is 25.9 Å². The minimum Gasteiger partial charge on any atom is -0.369 e. The summed E-state index contributed by atoms with van der Waals surface area (Å²) in [6.07, 6.45) is -4.60. The van der Waals surface area contributed by atoms with Gasteiger partial charge in [0.1, 0.15) is 0 Å². The predicted octanol–water partition coefficient (Wildman–Crippen LogP) is 0.728. The quantitative estimate of drug-likeness (QED) is 0.838. The van der Waals surface area contributed by atoms with Crippen LogP contribution in [0.1, 0.15) is 24.0 Å². The van der Waals surface area contributed by atoms with Gasteiger partial charge >= 0.3 is 6.18 Å². The maximum Gasteiger partial charge on any atom is 0.416 e. The normalized spacial score (nSPS) is 19.5. The van der Waals surface area contributed by atoms with Crippen LogP contribution >= 0.6 is 0 Å². The van der Waals surface area contributed by atoms with E-state index in [0.717, 1.165) is 16.4 Å². The maximum atomic E-state index is 12.9. The summed E-state index contributed by atoms with van der Waals surface area (Å²) < 4.78 is 62.2. The SMILES string of the molecule is NC(=O)C1(c2cccc(C(F)(F)F)c2)CCN(S(N)(=O)=O)CC1. The Hall–Kier alpha value is -1.65. The van der Waals surface area contributed by atoms with Crippen LogP contribution in [0.5, 0.6) is 0 Å². The van der Waals surface area contributed by atoms with Gasteiger partial charge in [-0.05, 0) is 24.5 Å². The Morgan fingerprint density at radius 1 is 1.22 bits per heavy atom. The van der Waals surface area contributed by atoms with E-state index in [2.05, 4.69) is 0 Å². The molecule has 0 saturated carbocycles. The summed E-state index contributed by atoms with van der Waals surface area (Å²) in [7, 11) is -3.91. The molecule has 23 heavy (non-hydrogen) atoms. The first-order chi connectivity index (χ1) is 10.5. The number of halogens is 3. The molecule has 10 heteroatoms. The highest BCUT2D eigenvalue weighted by Crippen LogP contribution is 2.38. The van der Waals surface area contributed by atoms with Crippen LogP contribution in [0.3, 0.4) is 0 Å². The number of alkyl halides is 3. The number of piperidine rings is 1. The zero-order valence-corrected chi connectivity index (χ0v) is 12.8. The number of rotatable bonds is 3. The molecule has 4 N–H and O–H groups in total. The molecule has 1 aromatic carbocycles. The van der Waals surface area contributed by atoms with Crippen molar-refractivity contribution in [3.05, 3.63) is 35.4 Å². The van der Waals surface area contributed by atoms with Crippen LogP contribution < -0.4 is 10.9 Å². The Balaban J connectivity index is 2.40. The van der Waals surface area contributed by atoms with E-state index in [9.17, 15) is 26.4 Å². The molecule has 1 heterocycles.